The molecule has 0 saturated heterocycles. The molecule has 1 fully saturated rings. The Bertz CT molecular complexity index is 566. The molecule has 1 aliphatic carbocycles. The van der Waals surface area contributed by atoms with Crippen molar-refractivity contribution in [1.29, 1.82) is 0 Å². The fraction of sp³-hybridized carbons (Fsp3) is 0.429. The van der Waals surface area contributed by atoms with Gasteiger partial charge in [-0.05, 0) is 31.4 Å². The van der Waals surface area contributed by atoms with E-state index in [1.807, 2.05) is 0 Å². The summed E-state index contributed by atoms with van der Waals surface area (Å²) in [6.45, 7) is 1.41. The second kappa shape index (κ2) is 5.19. The fourth-order valence-corrected chi connectivity index (χ4v) is 2.49. The molecular formula is C14H15F2NO3. The number of carboxylic acid groups (broad SMARTS) is 1. The Morgan fingerprint density at radius 1 is 1.20 bits per heavy atom. The van der Waals surface area contributed by atoms with E-state index in [0.717, 1.165) is 6.07 Å². The SMILES string of the molecule is Cc1cc(C(=O)NC2(C(=O)O)CCCC2)c(F)cc1F. The first-order valence-electron chi connectivity index (χ1n) is 6.37. The second-order valence-electron chi connectivity index (χ2n) is 5.13. The van der Waals surface area contributed by atoms with Crippen LogP contribution in [0.4, 0.5) is 8.78 Å². The number of carboxylic acids is 1. The van der Waals surface area contributed by atoms with Crippen molar-refractivity contribution in [3.05, 3.63) is 34.9 Å². The summed E-state index contributed by atoms with van der Waals surface area (Å²) in [6, 6.07) is 1.72. The number of benzene rings is 1. The zero-order valence-corrected chi connectivity index (χ0v) is 11.0. The van der Waals surface area contributed by atoms with E-state index in [9.17, 15) is 23.5 Å². The number of hydrogen-bond acceptors (Lipinski definition) is 2. The third-order valence-corrected chi connectivity index (χ3v) is 3.71. The largest absolute Gasteiger partial charge is 0.480 e. The Morgan fingerprint density at radius 2 is 1.80 bits per heavy atom. The summed E-state index contributed by atoms with van der Waals surface area (Å²) >= 11 is 0. The van der Waals surface area contributed by atoms with Crippen LogP contribution >= 0.6 is 0 Å². The first kappa shape index (κ1) is 14.4. The Hall–Kier alpha value is -1.98. The number of halogens is 2. The van der Waals surface area contributed by atoms with Gasteiger partial charge in [-0.1, -0.05) is 12.8 Å². The fourth-order valence-electron chi connectivity index (χ4n) is 2.49. The predicted octanol–water partition coefficient (Wildman–Crippen LogP) is 2.40. The molecule has 0 unspecified atom stereocenters. The maximum absolute atomic E-state index is 13.6. The maximum Gasteiger partial charge on any atom is 0.329 e. The summed E-state index contributed by atoms with van der Waals surface area (Å²) in [4.78, 5) is 23.4. The molecule has 0 atom stereocenters. The van der Waals surface area contributed by atoms with Crippen molar-refractivity contribution in [2.45, 2.75) is 38.1 Å². The van der Waals surface area contributed by atoms with E-state index in [1.54, 1.807) is 0 Å². The van der Waals surface area contributed by atoms with Crippen molar-refractivity contribution in [1.82, 2.24) is 5.32 Å². The van der Waals surface area contributed by atoms with Crippen LogP contribution in [0.25, 0.3) is 0 Å². The van der Waals surface area contributed by atoms with Gasteiger partial charge in [-0.3, -0.25) is 4.79 Å². The monoisotopic (exact) mass is 283 g/mol. The molecule has 6 heteroatoms. The molecule has 0 aromatic heterocycles. The Morgan fingerprint density at radius 3 is 2.35 bits per heavy atom. The molecule has 1 aliphatic rings. The average Bonchev–Trinajstić information content (AvgIpc) is 2.83. The van der Waals surface area contributed by atoms with Crippen molar-refractivity contribution in [3.8, 4) is 0 Å². The number of aliphatic carboxylic acids is 1. The van der Waals surface area contributed by atoms with Gasteiger partial charge in [0.2, 0.25) is 0 Å². The first-order valence-corrected chi connectivity index (χ1v) is 6.37. The van der Waals surface area contributed by atoms with E-state index in [4.69, 9.17) is 0 Å². The normalized spacial score (nSPS) is 16.9. The third kappa shape index (κ3) is 2.50. The van der Waals surface area contributed by atoms with Crippen LogP contribution in [-0.2, 0) is 4.79 Å². The van der Waals surface area contributed by atoms with Gasteiger partial charge in [0.25, 0.3) is 5.91 Å². The quantitative estimate of drug-likeness (QED) is 0.895. The van der Waals surface area contributed by atoms with Crippen molar-refractivity contribution in [2.75, 3.05) is 0 Å². The molecule has 1 saturated carbocycles. The van der Waals surface area contributed by atoms with Gasteiger partial charge in [-0.25, -0.2) is 13.6 Å². The molecule has 4 nitrogen and oxygen atoms in total. The topological polar surface area (TPSA) is 66.4 Å². The van der Waals surface area contributed by atoms with Crippen molar-refractivity contribution < 1.29 is 23.5 Å². The number of hydrogen-bond donors (Lipinski definition) is 2. The molecule has 20 heavy (non-hydrogen) atoms. The van der Waals surface area contributed by atoms with Gasteiger partial charge in [0.15, 0.2) is 0 Å². The Kier molecular flexibility index (Phi) is 3.74. The lowest BCUT2D eigenvalue weighted by atomic mass is 9.97. The van der Waals surface area contributed by atoms with Gasteiger partial charge < -0.3 is 10.4 Å². The van der Waals surface area contributed by atoms with Crippen LogP contribution in [0.15, 0.2) is 12.1 Å². The molecule has 0 aliphatic heterocycles. The lowest BCUT2D eigenvalue weighted by molar-refractivity contribution is -0.144. The first-order chi connectivity index (χ1) is 9.35. The lowest BCUT2D eigenvalue weighted by Crippen LogP contribution is -2.52. The lowest BCUT2D eigenvalue weighted by Gasteiger charge is -2.25. The van der Waals surface area contributed by atoms with Crippen LogP contribution < -0.4 is 5.32 Å². The molecule has 0 spiro atoms. The predicted molar refractivity (Wildman–Crippen MR) is 67.4 cm³/mol. The molecule has 1 amide bonds. The smallest absolute Gasteiger partial charge is 0.329 e. The molecule has 1 aromatic rings. The Labute approximate surface area is 114 Å². The minimum absolute atomic E-state index is 0.132. The maximum atomic E-state index is 13.6. The zero-order chi connectivity index (χ0) is 14.9. The van der Waals surface area contributed by atoms with E-state index < -0.39 is 29.0 Å². The second-order valence-corrected chi connectivity index (χ2v) is 5.13. The molecule has 2 N–H and O–H groups in total. The molecule has 1 aromatic carbocycles. The van der Waals surface area contributed by atoms with Crippen LogP contribution in [0.2, 0.25) is 0 Å². The molecule has 0 bridgehead atoms. The van der Waals surface area contributed by atoms with Crippen molar-refractivity contribution in [3.63, 3.8) is 0 Å². The number of amides is 1. The number of aryl methyl sites for hydroxylation is 1. The number of carbonyl (C=O) groups is 2. The van der Waals surface area contributed by atoms with Gasteiger partial charge in [-0.15, -0.1) is 0 Å². The number of nitrogens with one attached hydrogen (secondary N) is 1. The third-order valence-electron chi connectivity index (χ3n) is 3.71. The highest BCUT2D eigenvalue weighted by atomic mass is 19.1. The van der Waals surface area contributed by atoms with Crippen molar-refractivity contribution in [2.24, 2.45) is 0 Å². The number of carbonyl (C=O) groups excluding carboxylic acids is 1. The summed E-state index contributed by atoms with van der Waals surface area (Å²) in [5.41, 5.74) is -1.55. The summed E-state index contributed by atoms with van der Waals surface area (Å²) in [6.07, 6.45) is 2.01. The van der Waals surface area contributed by atoms with Gasteiger partial charge in [0, 0.05) is 6.07 Å². The standard InChI is InChI=1S/C14H15F2NO3/c1-8-6-9(11(16)7-10(8)15)12(18)17-14(13(19)20)4-2-3-5-14/h6-7H,2-5H2,1H3,(H,17,18)(H,19,20). The van der Waals surface area contributed by atoms with Crippen LogP contribution in [0, 0.1) is 18.6 Å². The average molecular weight is 283 g/mol. The highest BCUT2D eigenvalue weighted by Gasteiger charge is 2.43. The van der Waals surface area contributed by atoms with Crippen LogP contribution in [-0.4, -0.2) is 22.5 Å². The van der Waals surface area contributed by atoms with Crippen molar-refractivity contribution >= 4 is 11.9 Å². The van der Waals surface area contributed by atoms with Gasteiger partial charge >= 0.3 is 5.97 Å². The highest BCUT2D eigenvalue weighted by molar-refractivity contribution is 5.98. The van der Waals surface area contributed by atoms with E-state index >= 15 is 0 Å². The zero-order valence-electron chi connectivity index (χ0n) is 11.0. The van der Waals surface area contributed by atoms with Gasteiger partial charge in [0.1, 0.15) is 17.2 Å². The summed E-state index contributed by atoms with van der Waals surface area (Å²) in [5.74, 6) is -3.69. The molecule has 0 radical (unpaired) electrons. The minimum atomic E-state index is -1.34. The molecule has 2 rings (SSSR count). The summed E-state index contributed by atoms with van der Waals surface area (Å²) < 4.78 is 26.8. The Balaban J connectivity index is 2.28. The van der Waals surface area contributed by atoms with Gasteiger partial charge in [0.05, 0.1) is 5.56 Å². The van der Waals surface area contributed by atoms with E-state index in [2.05, 4.69) is 5.32 Å². The van der Waals surface area contributed by atoms with Gasteiger partial charge in [-0.2, -0.15) is 0 Å². The minimum Gasteiger partial charge on any atom is -0.480 e. The molecule has 0 heterocycles. The van der Waals surface area contributed by atoms with E-state index in [0.29, 0.717) is 31.7 Å². The highest BCUT2D eigenvalue weighted by Crippen LogP contribution is 2.30. The number of rotatable bonds is 3. The summed E-state index contributed by atoms with van der Waals surface area (Å²) in [7, 11) is 0. The van der Waals surface area contributed by atoms with Crippen LogP contribution in [0.5, 0.6) is 0 Å². The molecular weight excluding hydrogens is 268 g/mol. The van der Waals surface area contributed by atoms with E-state index in [1.165, 1.54) is 6.92 Å². The summed E-state index contributed by atoms with van der Waals surface area (Å²) in [5, 5.41) is 11.7. The van der Waals surface area contributed by atoms with E-state index in [-0.39, 0.29) is 11.1 Å². The van der Waals surface area contributed by atoms with Crippen LogP contribution in [0.1, 0.15) is 41.6 Å². The molecule has 108 valence electrons. The van der Waals surface area contributed by atoms with Crippen LogP contribution in [0.3, 0.4) is 0 Å².